The van der Waals surface area contributed by atoms with E-state index >= 15 is 0 Å². The lowest BCUT2D eigenvalue weighted by Crippen LogP contribution is -2.52. The summed E-state index contributed by atoms with van der Waals surface area (Å²) in [6, 6.07) is 2.40. The molecule has 0 amide bonds. The van der Waals surface area contributed by atoms with Crippen LogP contribution in [-0.2, 0) is 11.0 Å². The molecular weight excluding hydrogens is 317 g/mol. The lowest BCUT2D eigenvalue weighted by molar-refractivity contribution is 0.146. The Bertz CT molecular complexity index is 725. The van der Waals surface area contributed by atoms with Crippen LogP contribution >= 0.6 is 0 Å². The highest BCUT2D eigenvalue weighted by Gasteiger charge is 2.37. The third-order valence-corrected chi connectivity index (χ3v) is 6.53. The van der Waals surface area contributed by atoms with Crippen LogP contribution in [0.15, 0.2) is 18.6 Å². The molecule has 3 heterocycles. The second kappa shape index (κ2) is 5.83. The molecule has 0 spiro atoms. The second-order valence-corrected chi connectivity index (χ2v) is 7.96. The molecular formula is C15H20FN5OS. The zero-order valence-electron chi connectivity index (χ0n) is 13.0. The summed E-state index contributed by atoms with van der Waals surface area (Å²) in [7, 11) is 1.03. The fraction of sp³-hybridized carbons (Fsp3) is 0.600. The van der Waals surface area contributed by atoms with Gasteiger partial charge in [-0.15, -0.1) is 0 Å². The van der Waals surface area contributed by atoms with E-state index in [1.165, 1.54) is 0 Å². The Balaban J connectivity index is 1.34. The Kier molecular flexibility index (Phi) is 3.81. The van der Waals surface area contributed by atoms with E-state index < -0.39 is 17.2 Å². The zero-order chi connectivity index (χ0) is 16.0. The highest BCUT2D eigenvalue weighted by atomic mass is 32.2. The molecule has 2 aromatic rings. The molecule has 8 heteroatoms. The summed E-state index contributed by atoms with van der Waals surface area (Å²) in [5, 5.41) is 1.02. The van der Waals surface area contributed by atoms with E-state index in [9.17, 15) is 8.60 Å². The van der Waals surface area contributed by atoms with Crippen molar-refractivity contribution in [1.29, 1.82) is 0 Å². The van der Waals surface area contributed by atoms with Gasteiger partial charge >= 0.3 is 0 Å². The van der Waals surface area contributed by atoms with Crippen LogP contribution in [0.3, 0.4) is 0 Å². The number of aromatic amines is 1. The van der Waals surface area contributed by atoms with E-state index in [0.29, 0.717) is 30.8 Å². The number of nitrogens with one attached hydrogen (secondary N) is 1. The van der Waals surface area contributed by atoms with Gasteiger partial charge in [0.15, 0.2) is 0 Å². The molecule has 1 aliphatic heterocycles. The summed E-state index contributed by atoms with van der Waals surface area (Å²) in [4.78, 5) is 13.9. The number of alkyl halides is 1. The van der Waals surface area contributed by atoms with Crippen molar-refractivity contribution in [2.45, 2.75) is 25.1 Å². The maximum Gasteiger partial charge on any atom is 0.142 e. The molecule has 0 bridgehead atoms. The van der Waals surface area contributed by atoms with E-state index in [1.54, 1.807) is 10.6 Å². The van der Waals surface area contributed by atoms with Gasteiger partial charge in [0.2, 0.25) is 0 Å². The molecule has 1 saturated heterocycles. The van der Waals surface area contributed by atoms with E-state index in [4.69, 9.17) is 0 Å². The summed E-state index contributed by atoms with van der Waals surface area (Å²) >= 11 is 0. The second-order valence-electron chi connectivity index (χ2n) is 6.47. The molecule has 6 nitrogen and oxygen atoms in total. The number of hydrogen-bond acceptors (Lipinski definition) is 4. The van der Waals surface area contributed by atoms with Crippen LogP contribution < -0.4 is 4.90 Å². The van der Waals surface area contributed by atoms with Crippen LogP contribution in [0.1, 0.15) is 12.8 Å². The Morgan fingerprint density at radius 1 is 1.43 bits per heavy atom. The highest BCUT2D eigenvalue weighted by Crippen LogP contribution is 2.36. The minimum Gasteiger partial charge on any atom is -0.356 e. The van der Waals surface area contributed by atoms with Crippen LogP contribution in [0.4, 0.5) is 10.2 Å². The van der Waals surface area contributed by atoms with Gasteiger partial charge in [0, 0.05) is 38.1 Å². The van der Waals surface area contributed by atoms with Crippen molar-refractivity contribution in [3.05, 3.63) is 18.6 Å². The monoisotopic (exact) mass is 337 g/mol. The lowest BCUT2D eigenvalue weighted by atomic mass is 9.81. The standard InChI is InChI=1S/C15H20FN5OS/c1-20(15-13-2-3-17-14(13)18-9-19-15)12-4-10(5-12)8-23(22)21-6-11(16)7-21/h2-3,9-12H,4-8H2,1H3,(H,17,18,19). The molecule has 2 aromatic heterocycles. The van der Waals surface area contributed by atoms with Gasteiger partial charge in [0.05, 0.1) is 16.4 Å². The molecule has 1 saturated carbocycles. The number of aromatic nitrogens is 3. The molecule has 1 unspecified atom stereocenters. The van der Waals surface area contributed by atoms with Crippen molar-refractivity contribution in [2.75, 3.05) is 30.8 Å². The number of fused-ring (bicyclic) bond motifs is 1. The summed E-state index contributed by atoms with van der Waals surface area (Å²) in [6.07, 6.45) is 4.67. The number of H-pyrrole nitrogens is 1. The quantitative estimate of drug-likeness (QED) is 0.898. The Hall–Kier alpha value is -1.54. The van der Waals surface area contributed by atoms with Crippen molar-refractivity contribution < 1.29 is 8.60 Å². The number of rotatable bonds is 5. The fourth-order valence-electron chi connectivity index (χ4n) is 3.33. The van der Waals surface area contributed by atoms with Crippen LogP contribution in [0.5, 0.6) is 0 Å². The number of halogens is 1. The molecule has 2 aliphatic rings. The van der Waals surface area contributed by atoms with E-state index in [1.807, 2.05) is 12.3 Å². The van der Waals surface area contributed by atoms with Gasteiger partial charge in [0.1, 0.15) is 24.0 Å². The third kappa shape index (κ3) is 2.74. The minimum absolute atomic E-state index is 0.328. The molecule has 0 radical (unpaired) electrons. The summed E-state index contributed by atoms with van der Waals surface area (Å²) in [5.41, 5.74) is 0.845. The first kappa shape index (κ1) is 15.0. The van der Waals surface area contributed by atoms with Gasteiger partial charge in [-0.3, -0.25) is 0 Å². The number of anilines is 1. The molecule has 1 aliphatic carbocycles. The van der Waals surface area contributed by atoms with Crippen molar-refractivity contribution in [3.63, 3.8) is 0 Å². The molecule has 1 N–H and O–H groups in total. The van der Waals surface area contributed by atoms with Gasteiger partial charge in [-0.05, 0) is 24.8 Å². The van der Waals surface area contributed by atoms with Gasteiger partial charge in [-0.1, -0.05) is 0 Å². The van der Waals surface area contributed by atoms with Crippen molar-refractivity contribution in [1.82, 2.24) is 19.3 Å². The maximum absolute atomic E-state index is 12.8. The minimum atomic E-state index is -1.02. The molecule has 1 atom stereocenters. The zero-order valence-corrected chi connectivity index (χ0v) is 13.8. The average molecular weight is 337 g/mol. The number of nitrogens with zero attached hydrogens (tertiary/aromatic N) is 4. The first-order valence-electron chi connectivity index (χ1n) is 7.90. The first-order valence-corrected chi connectivity index (χ1v) is 9.18. The van der Waals surface area contributed by atoms with Crippen molar-refractivity contribution in [3.8, 4) is 0 Å². The van der Waals surface area contributed by atoms with Gasteiger partial charge < -0.3 is 9.88 Å². The molecule has 2 fully saturated rings. The summed E-state index contributed by atoms with van der Waals surface area (Å²) in [6.45, 7) is 0.657. The van der Waals surface area contributed by atoms with Crippen LogP contribution in [0.2, 0.25) is 0 Å². The molecule has 4 rings (SSSR count). The number of hydrogen-bond donors (Lipinski definition) is 1. The molecule has 0 aromatic carbocycles. The van der Waals surface area contributed by atoms with E-state index in [0.717, 1.165) is 29.7 Å². The normalized spacial score (nSPS) is 26.7. The van der Waals surface area contributed by atoms with Crippen molar-refractivity contribution in [2.24, 2.45) is 5.92 Å². The topological polar surface area (TPSA) is 65.1 Å². The van der Waals surface area contributed by atoms with Gasteiger partial charge in [-0.25, -0.2) is 22.9 Å². The van der Waals surface area contributed by atoms with E-state index in [-0.39, 0.29) is 0 Å². The van der Waals surface area contributed by atoms with Crippen LogP contribution in [0.25, 0.3) is 11.0 Å². The van der Waals surface area contributed by atoms with E-state index in [2.05, 4.69) is 26.9 Å². The maximum atomic E-state index is 12.8. The third-order valence-electron chi connectivity index (χ3n) is 4.90. The predicted molar refractivity (Wildman–Crippen MR) is 88.3 cm³/mol. The SMILES string of the molecule is CN(c1ncnc2[nH]ccc12)C1CC(CS(=O)N2CC(F)C2)C1. The Morgan fingerprint density at radius 2 is 2.22 bits per heavy atom. The smallest absolute Gasteiger partial charge is 0.142 e. The first-order chi connectivity index (χ1) is 11.1. The fourth-order valence-corrected chi connectivity index (χ4v) is 4.87. The van der Waals surface area contributed by atoms with Gasteiger partial charge in [0.25, 0.3) is 0 Å². The molecule has 23 heavy (non-hydrogen) atoms. The largest absolute Gasteiger partial charge is 0.356 e. The lowest BCUT2D eigenvalue weighted by Gasteiger charge is -2.43. The molecule has 124 valence electrons. The van der Waals surface area contributed by atoms with Gasteiger partial charge in [-0.2, -0.15) is 0 Å². The predicted octanol–water partition coefficient (Wildman–Crippen LogP) is 1.49. The van der Waals surface area contributed by atoms with Crippen LogP contribution in [0, 0.1) is 5.92 Å². The van der Waals surface area contributed by atoms with Crippen molar-refractivity contribution >= 4 is 27.8 Å². The average Bonchev–Trinajstić information content (AvgIpc) is 2.94. The summed E-state index contributed by atoms with van der Waals surface area (Å²) < 4.78 is 26.6. The summed E-state index contributed by atoms with van der Waals surface area (Å²) in [5.74, 6) is 2.04. The Labute approximate surface area is 136 Å². The Morgan fingerprint density at radius 3 is 2.96 bits per heavy atom. The highest BCUT2D eigenvalue weighted by molar-refractivity contribution is 7.82. The van der Waals surface area contributed by atoms with Crippen LogP contribution in [-0.4, -0.2) is 61.6 Å².